The van der Waals surface area contributed by atoms with E-state index in [4.69, 9.17) is 0 Å². The highest BCUT2D eigenvalue weighted by Crippen LogP contribution is 2.71. The lowest BCUT2D eigenvalue weighted by Crippen LogP contribution is -2.53. The molecule has 2 bridgehead atoms. The number of aliphatic carboxylic acids is 1. The van der Waals surface area contributed by atoms with Crippen LogP contribution < -0.4 is 0 Å². The van der Waals surface area contributed by atoms with Crippen LogP contribution in [-0.2, 0) is 4.79 Å². The van der Waals surface area contributed by atoms with Crippen molar-refractivity contribution < 1.29 is 9.90 Å². The molecule has 0 spiro atoms. The number of hydrogen-bond donors (Lipinski definition) is 1. The molecule has 2 nitrogen and oxygen atoms in total. The van der Waals surface area contributed by atoms with E-state index in [9.17, 15) is 9.90 Å². The Morgan fingerprint density at radius 3 is 2.06 bits per heavy atom. The molecule has 3 unspecified atom stereocenters. The van der Waals surface area contributed by atoms with E-state index >= 15 is 0 Å². The maximum absolute atomic E-state index is 11.6. The number of carboxylic acid groups (broad SMARTS) is 1. The van der Waals surface area contributed by atoms with Crippen molar-refractivity contribution >= 4 is 5.97 Å². The molecule has 0 radical (unpaired) electrons. The summed E-state index contributed by atoms with van der Waals surface area (Å²) in [4.78, 5) is 11.6. The minimum absolute atomic E-state index is 0.0747. The summed E-state index contributed by atoms with van der Waals surface area (Å²) >= 11 is 0. The third-order valence-electron chi connectivity index (χ3n) is 6.44. The van der Waals surface area contributed by atoms with E-state index < -0.39 is 11.4 Å². The molecule has 0 saturated heterocycles. The van der Waals surface area contributed by atoms with E-state index in [1.165, 1.54) is 19.3 Å². The standard InChI is InChI=1S/C14H24O2/c1-12(2)9-6-7-10(8-9)14(12,5)13(3,4)11(15)16/h9-10H,6-8H2,1-5H3,(H,15,16). The SMILES string of the molecule is CC(C)(C(=O)O)C1(C)C2CCC(C2)C1(C)C. The Morgan fingerprint density at radius 1 is 1.19 bits per heavy atom. The van der Waals surface area contributed by atoms with E-state index in [1.54, 1.807) is 0 Å². The summed E-state index contributed by atoms with van der Waals surface area (Å²) in [6.45, 7) is 10.6. The summed E-state index contributed by atoms with van der Waals surface area (Å²) in [5.74, 6) is 0.676. The lowest BCUT2D eigenvalue weighted by molar-refractivity contribution is -0.168. The number of carbonyl (C=O) groups is 1. The second-order valence-electron chi connectivity index (χ2n) is 7.06. The first-order chi connectivity index (χ1) is 7.15. The predicted molar refractivity (Wildman–Crippen MR) is 64.1 cm³/mol. The molecular formula is C14H24O2. The van der Waals surface area contributed by atoms with Gasteiger partial charge in [0, 0.05) is 0 Å². The topological polar surface area (TPSA) is 37.3 Å². The first-order valence-electron chi connectivity index (χ1n) is 6.39. The Hall–Kier alpha value is -0.530. The van der Waals surface area contributed by atoms with Gasteiger partial charge in [-0.1, -0.05) is 20.8 Å². The molecule has 0 aromatic rings. The molecule has 0 heterocycles. The molecule has 2 aliphatic rings. The molecule has 2 aliphatic carbocycles. The molecule has 2 rings (SSSR count). The molecule has 0 aromatic heterocycles. The molecule has 1 N–H and O–H groups in total. The summed E-state index contributed by atoms with van der Waals surface area (Å²) < 4.78 is 0. The van der Waals surface area contributed by atoms with Gasteiger partial charge in [0.25, 0.3) is 0 Å². The molecule has 2 heteroatoms. The number of carboxylic acids is 1. The highest BCUT2D eigenvalue weighted by Gasteiger charge is 2.67. The maximum Gasteiger partial charge on any atom is 0.309 e. The largest absolute Gasteiger partial charge is 0.481 e. The Labute approximate surface area is 98.4 Å². The Kier molecular flexibility index (Phi) is 2.26. The highest BCUT2D eigenvalue weighted by atomic mass is 16.4. The average molecular weight is 224 g/mol. The zero-order chi connectivity index (χ0) is 12.4. The van der Waals surface area contributed by atoms with Crippen LogP contribution in [0.4, 0.5) is 0 Å². The quantitative estimate of drug-likeness (QED) is 0.778. The molecular weight excluding hydrogens is 200 g/mol. The molecule has 0 aromatic carbocycles. The van der Waals surface area contributed by atoms with Crippen molar-refractivity contribution in [3.8, 4) is 0 Å². The van der Waals surface area contributed by atoms with Crippen LogP contribution in [0.3, 0.4) is 0 Å². The van der Waals surface area contributed by atoms with Gasteiger partial charge in [-0.15, -0.1) is 0 Å². The minimum atomic E-state index is -0.643. The summed E-state index contributed by atoms with van der Waals surface area (Å²) in [6, 6.07) is 0. The van der Waals surface area contributed by atoms with Crippen molar-refractivity contribution in [2.24, 2.45) is 28.1 Å². The first-order valence-corrected chi connectivity index (χ1v) is 6.39. The van der Waals surface area contributed by atoms with Crippen molar-refractivity contribution in [1.29, 1.82) is 0 Å². The molecule has 16 heavy (non-hydrogen) atoms. The lowest BCUT2D eigenvalue weighted by atomic mass is 9.48. The van der Waals surface area contributed by atoms with Gasteiger partial charge >= 0.3 is 5.97 Å². The fourth-order valence-electron chi connectivity index (χ4n) is 4.65. The second kappa shape index (κ2) is 3.02. The van der Waals surface area contributed by atoms with Gasteiger partial charge in [0.2, 0.25) is 0 Å². The average Bonchev–Trinajstić information content (AvgIpc) is 2.69. The van der Waals surface area contributed by atoms with Gasteiger partial charge in [-0.25, -0.2) is 0 Å². The summed E-state index contributed by atoms with van der Waals surface area (Å²) in [7, 11) is 0. The van der Waals surface area contributed by atoms with E-state index in [0.717, 1.165) is 5.92 Å². The number of rotatable bonds is 2. The van der Waals surface area contributed by atoms with Gasteiger partial charge in [0.05, 0.1) is 5.41 Å². The van der Waals surface area contributed by atoms with Crippen LogP contribution >= 0.6 is 0 Å². The van der Waals surface area contributed by atoms with Crippen LogP contribution in [-0.4, -0.2) is 11.1 Å². The zero-order valence-corrected chi connectivity index (χ0v) is 11.1. The van der Waals surface area contributed by atoms with Crippen molar-refractivity contribution in [2.45, 2.75) is 53.9 Å². The monoisotopic (exact) mass is 224 g/mol. The van der Waals surface area contributed by atoms with Crippen molar-refractivity contribution in [2.75, 3.05) is 0 Å². The van der Waals surface area contributed by atoms with Gasteiger partial charge in [-0.05, 0) is 55.8 Å². The summed E-state index contributed by atoms with van der Waals surface area (Å²) in [5.41, 5.74) is -0.553. The first kappa shape index (κ1) is 11.9. The predicted octanol–water partition coefficient (Wildman–Crippen LogP) is 3.56. The fraction of sp³-hybridized carbons (Fsp3) is 0.929. The molecule has 0 aliphatic heterocycles. The minimum Gasteiger partial charge on any atom is -0.481 e. The van der Waals surface area contributed by atoms with Crippen molar-refractivity contribution in [3.05, 3.63) is 0 Å². The van der Waals surface area contributed by atoms with E-state index in [1.807, 2.05) is 13.8 Å². The highest BCUT2D eigenvalue weighted by molar-refractivity contribution is 5.75. The van der Waals surface area contributed by atoms with Crippen LogP contribution in [0.2, 0.25) is 0 Å². The van der Waals surface area contributed by atoms with E-state index in [2.05, 4.69) is 20.8 Å². The molecule has 3 atom stereocenters. The van der Waals surface area contributed by atoms with Crippen LogP contribution in [0.25, 0.3) is 0 Å². The van der Waals surface area contributed by atoms with Crippen molar-refractivity contribution in [1.82, 2.24) is 0 Å². The second-order valence-corrected chi connectivity index (χ2v) is 7.06. The molecule has 2 fully saturated rings. The molecule has 2 saturated carbocycles. The number of hydrogen-bond acceptors (Lipinski definition) is 1. The smallest absolute Gasteiger partial charge is 0.309 e. The lowest BCUT2D eigenvalue weighted by Gasteiger charge is -2.55. The van der Waals surface area contributed by atoms with E-state index in [-0.39, 0.29) is 10.8 Å². The summed E-state index contributed by atoms with van der Waals surface area (Å²) in [6.07, 6.45) is 3.75. The van der Waals surface area contributed by atoms with E-state index in [0.29, 0.717) is 5.92 Å². The molecule has 92 valence electrons. The van der Waals surface area contributed by atoms with Crippen LogP contribution in [0.5, 0.6) is 0 Å². The number of fused-ring (bicyclic) bond motifs is 2. The van der Waals surface area contributed by atoms with Gasteiger partial charge in [-0.3, -0.25) is 4.79 Å². The van der Waals surface area contributed by atoms with Gasteiger partial charge in [0.15, 0.2) is 0 Å². The fourth-order valence-corrected chi connectivity index (χ4v) is 4.65. The van der Waals surface area contributed by atoms with Crippen LogP contribution in [0.1, 0.15) is 53.9 Å². The zero-order valence-electron chi connectivity index (χ0n) is 11.1. The van der Waals surface area contributed by atoms with Crippen LogP contribution in [0.15, 0.2) is 0 Å². The Bertz CT molecular complexity index is 330. The van der Waals surface area contributed by atoms with Crippen molar-refractivity contribution in [3.63, 3.8) is 0 Å². The van der Waals surface area contributed by atoms with Gasteiger partial charge < -0.3 is 5.11 Å². The van der Waals surface area contributed by atoms with Crippen LogP contribution in [0, 0.1) is 28.1 Å². The normalized spacial score (nSPS) is 41.3. The Morgan fingerprint density at radius 2 is 1.69 bits per heavy atom. The molecule has 0 amide bonds. The van der Waals surface area contributed by atoms with Gasteiger partial charge in [-0.2, -0.15) is 0 Å². The maximum atomic E-state index is 11.6. The van der Waals surface area contributed by atoms with Gasteiger partial charge in [0.1, 0.15) is 0 Å². The third-order valence-corrected chi connectivity index (χ3v) is 6.44. The third kappa shape index (κ3) is 1.06. The summed E-state index contributed by atoms with van der Waals surface area (Å²) in [5, 5.41) is 9.53. The Balaban J connectivity index is 2.49.